The smallest absolute Gasteiger partial charge is 0.269 e. The molecule has 5 heteroatoms. The van der Waals surface area contributed by atoms with Crippen LogP contribution in [0.2, 0.25) is 0 Å². The third-order valence-corrected chi connectivity index (χ3v) is 2.16. The minimum absolute atomic E-state index is 0.0793. The molecule has 13 heavy (non-hydrogen) atoms. The van der Waals surface area contributed by atoms with Gasteiger partial charge in [0.15, 0.2) is 0 Å². The molecule has 1 aliphatic rings. The molecule has 1 aromatic rings. The van der Waals surface area contributed by atoms with Gasteiger partial charge in [0.1, 0.15) is 5.69 Å². The van der Waals surface area contributed by atoms with E-state index in [9.17, 15) is 4.79 Å². The normalized spacial score (nSPS) is 16.6. The van der Waals surface area contributed by atoms with Crippen molar-refractivity contribution in [3.05, 3.63) is 18.0 Å². The van der Waals surface area contributed by atoms with Gasteiger partial charge in [0, 0.05) is 31.7 Å². The Bertz CT molecular complexity index is 278. The molecule has 0 spiro atoms. The molecular weight excluding hydrogens is 168 g/mol. The second kappa shape index (κ2) is 3.57. The summed E-state index contributed by atoms with van der Waals surface area (Å²) >= 11 is 0. The predicted molar refractivity (Wildman–Crippen MR) is 47.3 cm³/mol. The molecule has 0 saturated carbocycles. The van der Waals surface area contributed by atoms with Crippen molar-refractivity contribution < 1.29 is 4.79 Å². The van der Waals surface area contributed by atoms with Gasteiger partial charge in [-0.05, 0) is 6.07 Å². The van der Waals surface area contributed by atoms with E-state index in [-0.39, 0.29) is 5.91 Å². The van der Waals surface area contributed by atoms with Gasteiger partial charge in [-0.1, -0.05) is 0 Å². The number of rotatable bonds is 3. The Morgan fingerprint density at radius 2 is 2.54 bits per heavy atom. The van der Waals surface area contributed by atoms with E-state index < -0.39 is 0 Å². The number of carbonyl (C=O) groups is 1. The topological polar surface area (TPSA) is 69.8 Å². The van der Waals surface area contributed by atoms with E-state index in [2.05, 4.69) is 20.8 Å². The highest BCUT2D eigenvalue weighted by atomic mass is 16.1. The molecule has 0 atom stereocenters. The molecule has 2 rings (SSSR count). The van der Waals surface area contributed by atoms with Crippen molar-refractivity contribution in [2.45, 2.75) is 0 Å². The Morgan fingerprint density at radius 3 is 3.08 bits per heavy atom. The largest absolute Gasteiger partial charge is 0.350 e. The zero-order valence-electron chi connectivity index (χ0n) is 7.21. The van der Waals surface area contributed by atoms with Crippen LogP contribution in [0.15, 0.2) is 12.3 Å². The minimum Gasteiger partial charge on any atom is -0.350 e. The highest BCUT2D eigenvalue weighted by Crippen LogP contribution is 2.00. The average molecular weight is 180 g/mol. The molecule has 0 aliphatic carbocycles. The van der Waals surface area contributed by atoms with Crippen LogP contribution in [0, 0.1) is 5.92 Å². The highest BCUT2D eigenvalue weighted by Gasteiger charge is 2.17. The maximum absolute atomic E-state index is 11.3. The molecule has 1 amide bonds. The molecule has 0 radical (unpaired) electrons. The summed E-state index contributed by atoms with van der Waals surface area (Å²) in [5, 5.41) is 12.3. The number of amides is 1. The maximum atomic E-state index is 11.3. The first-order valence-electron chi connectivity index (χ1n) is 4.34. The van der Waals surface area contributed by atoms with Crippen molar-refractivity contribution in [3.63, 3.8) is 0 Å². The van der Waals surface area contributed by atoms with Crippen LogP contribution in [0.5, 0.6) is 0 Å². The van der Waals surface area contributed by atoms with Crippen molar-refractivity contribution in [2.75, 3.05) is 19.6 Å². The van der Waals surface area contributed by atoms with E-state index in [1.165, 1.54) is 0 Å². The molecule has 0 bridgehead atoms. The zero-order chi connectivity index (χ0) is 9.10. The fourth-order valence-corrected chi connectivity index (χ4v) is 1.21. The lowest BCUT2D eigenvalue weighted by Gasteiger charge is -2.26. The highest BCUT2D eigenvalue weighted by molar-refractivity contribution is 5.92. The second-order valence-electron chi connectivity index (χ2n) is 3.20. The Morgan fingerprint density at radius 1 is 1.69 bits per heavy atom. The molecule has 0 unspecified atom stereocenters. The summed E-state index contributed by atoms with van der Waals surface area (Å²) in [5.74, 6) is 0.510. The van der Waals surface area contributed by atoms with Crippen molar-refractivity contribution in [3.8, 4) is 0 Å². The van der Waals surface area contributed by atoms with E-state index in [1.807, 2.05) is 0 Å². The zero-order valence-corrected chi connectivity index (χ0v) is 7.21. The summed E-state index contributed by atoms with van der Waals surface area (Å²) in [5.41, 5.74) is 0.521. The number of nitrogens with zero attached hydrogens (tertiary/aromatic N) is 1. The monoisotopic (exact) mass is 180 g/mol. The molecule has 1 aliphatic heterocycles. The first-order valence-corrected chi connectivity index (χ1v) is 4.34. The third kappa shape index (κ3) is 1.86. The van der Waals surface area contributed by atoms with Gasteiger partial charge in [-0.15, -0.1) is 0 Å². The molecule has 5 nitrogen and oxygen atoms in total. The number of H-pyrrole nitrogens is 1. The fourth-order valence-electron chi connectivity index (χ4n) is 1.21. The number of hydrogen-bond acceptors (Lipinski definition) is 3. The molecule has 70 valence electrons. The molecule has 2 heterocycles. The van der Waals surface area contributed by atoms with Gasteiger partial charge in [0.25, 0.3) is 5.91 Å². The van der Waals surface area contributed by atoms with Gasteiger partial charge >= 0.3 is 0 Å². The van der Waals surface area contributed by atoms with Crippen molar-refractivity contribution in [1.82, 2.24) is 20.8 Å². The summed E-state index contributed by atoms with van der Waals surface area (Å²) in [7, 11) is 0. The Kier molecular flexibility index (Phi) is 2.27. The Labute approximate surface area is 75.9 Å². The van der Waals surface area contributed by atoms with Gasteiger partial charge in [-0.2, -0.15) is 5.10 Å². The molecule has 3 N–H and O–H groups in total. The van der Waals surface area contributed by atoms with Crippen molar-refractivity contribution in [1.29, 1.82) is 0 Å². The molecule has 0 aromatic carbocycles. The van der Waals surface area contributed by atoms with Gasteiger partial charge in [0.05, 0.1) is 0 Å². The summed E-state index contributed by atoms with van der Waals surface area (Å²) in [6.45, 7) is 2.75. The standard InChI is InChI=1S/C8H12N4O/c13-8(7-1-2-11-12-7)10-5-6-3-9-4-6/h1-2,6,9H,3-5H2,(H,10,13)(H,11,12). The summed E-state index contributed by atoms with van der Waals surface area (Å²) < 4.78 is 0. The van der Waals surface area contributed by atoms with Crippen LogP contribution in [0.1, 0.15) is 10.5 Å². The van der Waals surface area contributed by atoms with Gasteiger partial charge < -0.3 is 10.6 Å². The number of nitrogens with one attached hydrogen (secondary N) is 3. The lowest BCUT2D eigenvalue weighted by molar-refractivity contribution is 0.0937. The Balaban J connectivity index is 1.78. The van der Waals surface area contributed by atoms with Crippen molar-refractivity contribution >= 4 is 5.91 Å². The van der Waals surface area contributed by atoms with Crippen LogP contribution >= 0.6 is 0 Å². The van der Waals surface area contributed by atoms with E-state index in [4.69, 9.17) is 0 Å². The summed E-state index contributed by atoms with van der Waals surface area (Å²) in [6, 6.07) is 1.66. The summed E-state index contributed by atoms with van der Waals surface area (Å²) in [6.07, 6.45) is 1.57. The van der Waals surface area contributed by atoms with Gasteiger partial charge in [-0.3, -0.25) is 9.89 Å². The first kappa shape index (κ1) is 8.25. The summed E-state index contributed by atoms with van der Waals surface area (Å²) in [4.78, 5) is 11.3. The Hall–Kier alpha value is -1.36. The SMILES string of the molecule is O=C(NCC1CNC1)c1ccn[nH]1. The predicted octanol–water partition coefficient (Wildman–Crippen LogP) is -0.641. The number of hydrogen-bond donors (Lipinski definition) is 3. The van der Waals surface area contributed by atoms with Crippen LogP contribution in [-0.2, 0) is 0 Å². The van der Waals surface area contributed by atoms with E-state index >= 15 is 0 Å². The third-order valence-electron chi connectivity index (χ3n) is 2.16. The number of aromatic nitrogens is 2. The van der Waals surface area contributed by atoms with Crippen LogP contribution in [-0.4, -0.2) is 35.7 Å². The van der Waals surface area contributed by atoms with Crippen molar-refractivity contribution in [2.24, 2.45) is 5.92 Å². The lowest BCUT2D eigenvalue weighted by Crippen LogP contribution is -2.48. The molecular formula is C8H12N4O. The van der Waals surface area contributed by atoms with Gasteiger partial charge in [-0.25, -0.2) is 0 Å². The number of aromatic amines is 1. The second-order valence-corrected chi connectivity index (χ2v) is 3.20. The molecule has 1 aromatic heterocycles. The van der Waals surface area contributed by atoms with Crippen LogP contribution < -0.4 is 10.6 Å². The van der Waals surface area contributed by atoms with E-state index in [0.29, 0.717) is 11.6 Å². The fraction of sp³-hybridized carbons (Fsp3) is 0.500. The van der Waals surface area contributed by atoms with Gasteiger partial charge in [0.2, 0.25) is 0 Å². The van der Waals surface area contributed by atoms with Crippen LogP contribution in [0.25, 0.3) is 0 Å². The molecule has 1 saturated heterocycles. The van der Waals surface area contributed by atoms with Crippen LogP contribution in [0.4, 0.5) is 0 Å². The first-order chi connectivity index (χ1) is 6.36. The molecule has 1 fully saturated rings. The van der Waals surface area contributed by atoms with Crippen LogP contribution in [0.3, 0.4) is 0 Å². The maximum Gasteiger partial charge on any atom is 0.269 e. The minimum atomic E-state index is -0.0793. The average Bonchev–Trinajstić information content (AvgIpc) is 2.52. The number of carbonyl (C=O) groups excluding carboxylic acids is 1. The quantitative estimate of drug-likeness (QED) is 0.579. The van der Waals surface area contributed by atoms with E-state index in [1.54, 1.807) is 12.3 Å². The lowest BCUT2D eigenvalue weighted by atomic mass is 10.0. The van der Waals surface area contributed by atoms with E-state index in [0.717, 1.165) is 19.6 Å².